The van der Waals surface area contributed by atoms with E-state index in [9.17, 15) is 14.4 Å². The van der Waals surface area contributed by atoms with E-state index in [1.54, 1.807) is 9.80 Å². The molecule has 0 saturated carbocycles. The Kier molecular flexibility index (Phi) is 5.83. The molecule has 8 nitrogen and oxygen atoms in total. The number of carbonyl (C=O) groups excluding carboxylic acids is 3. The summed E-state index contributed by atoms with van der Waals surface area (Å²) in [4.78, 5) is 39.2. The lowest BCUT2D eigenvalue weighted by Crippen LogP contribution is -2.52. The van der Waals surface area contributed by atoms with E-state index in [0.717, 1.165) is 5.75 Å². The monoisotopic (exact) mass is 358 g/mol. The van der Waals surface area contributed by atoms with Crippen LogP contribution in [0.15, 0.2) is 35.4 Å². The van der Waals surface area contributed by atoms with Crippen molar-refractivity contribution in [1.29, 1.82) is 0 Å². The molecule has 26 heavy (non-hydrogen) atoms. The van der Waals surface area contributed by atoms with Gasteiger partial charge in [-0.25, -0.2) is 5.43 Å². The third-order valence-corrected chi connectivity index (χ3v) is 4.40. The highest BCUT2D eigenvalue weighted by molar-refractivity contribution is 6.39. The van der Waals surface area contributed by atoms with E-state index in [4.69, 9.17) is 4.74 Å². The summed E-state index contributed by atoms with van der Waals surface area (Å²) in [6.07, 6.45) is 0.951. The number of nitrogens with one attached hydrogen (secondary N) is 1. The van der Waals surface area contributed by atoms with E-state index in [0.29, 0.717) is 51.3 Å². The van der Waals surface area contributed by atoms with Gasteiger partial charge in [0.2, 0.25) is 11.8 Å². The van der Waals surface area contributed by atoms with E-state index in [2.05, 4.69) is 10.5 Å². The molecule has 8 heteroatoms. The fourth-order valence-electron chi connectivity index (χ4n) is 2.90. The van der Waals surface area contributed by atoms with Gasteiger partial charge in [-0.2, -0.15) is 5.10 Å². The summed E-state index contributed by atoms with van der Waals surface area (Å²) in [6, 6.07) is 9.38. The van der Waals surface area contributed by atoms with Crippen LogP contribution in [0.2, 0.25) is 0 Å². The number of hydrazone groups is 1. The van der Waals surface area contributed by atoms with Crippen molar-refractivity contribution < 1.29 is 19.1 Å². The first-order valence-electron chi connectivity index (χ1n) is 8.74. The van der Waals surface area contributed by atoms with Crippen molar-refractivity contribution >= 4 is 23.4 Å². The standard InChI is InChI=1S/C18H22N4O4/c23-16-7-6-15(19-20-16)18(25)22-11-9-21(10-12-22)17(24)8-13-26-14-4-2-1-3-5-14/h1-5H,6-13H2,(H,20,23). The maximum absolute atomic E-state index is 12.4. The number of hydrogen-bond acceptors (Lipinski definition) is 5. The van der Waals surface area contributed by atoms with Crippen molar-refractivity contribution in [3.05, 3.63) is 30.3 Å². The summed E-state index contributed by atoms with van der Waals surface area (Å²) < 4.78 is 5.55. The molecular weight excluding hydrogens is 336 g/mol. The van der Waals surface area contributed by atoms with Gasteiger partial charge >= 0.3 is 0 Å². The predicted octanol–water partition coefficient (Wildman–Crippen LogP) is 0.392. The van der Waals surface area contributed by atoms with Crippen LogP contribution in [0.4, 0.5) is 0 Å². The molecule has 0 aromatic heterocycles. The smallest absolute Gasteiger partial charge is 0.270 e. The lowest BCUT2D eigenvalue weighted by atomic mass is 10.1. The van der Waals surface area contributed by atoms with E-state index in [1.807, 2.05) is 30.3 Å². The Labute approximate surface area is 151 Å². The number of para-hydroxylation sites is 1. The third kappa shape index (κ3) is 4.59. The fourth-order valence-corrected chi connectivity index (χ4v) is 2.90. The zero-order chi connectivity index (χ0) is 18.4. The first kappa shape index (κ1) is 17.9. The highest BCUT2D eigenvalue weighted by atomic mass is 16.5. The molecule has 1 fully saturated rings. The van der Waals surface area contributed by atoms with Crippen molar-refractivity contribution in [3.8, 4) is 5.75 Å². The van der Waals surface area contributed by atoms with Crippen LogP contribution < -0.4 is 10.2 Å². The van der Waals surface area contributed by atoms with Crippen LogP contribution in [0.1, 0.15) is 19.3 Å². The zero-order valence-electron chi connectivity index (χ0n) is 14.5. The average molecular weight is 358 g/mol. The topological polar surface area (TPSA) is 91.3 Å². The second-order valence-corrected chi connectivity index (χ2v) is 6.18. The predicted molar refractivity (Wildman–Crippen MR) is 94.5 cm³/mol. The Morgan fingerprint density at radius 3 is 2.38 bits per heavy atom. The molecule has 0 aliphatic carbocycles. The molecule has 1 saturated heterocycles. The maximum atomic E-state index is 12.4. The first-order chi connectivity index (χ1) is 12.6. The SMILES string of the molecule is O=C1CCC(C(=O)N2CCN(C(=O)CCOc3ccccc3)CC2)=NN1. The van der Waals surface area contributed by atoms with Gasteiger partial charge < -0.3 is 14.5 Å². The minimum atomic E-state index is -0.172. The molecule has 0 atom stereocenters. The number of hydrogen-bond donors (Lipinski definition) is 1. The van der Waals surface area contributed by atoms with E-state index < -0.39 is 0 Å². The normalized spacial score (nSPS) is 17.4. The number of amides is 3. The molecule has 1 N–H and O–H groups in total. The van der Waals surface area contributed by atoms with Crippen molar-refractivity contribution in [2.24, 2.45) is 5.10 Å². The molecule has 3 amide bonds. The minimum Gasteiger partial charge on any atom is -0.493 e. The first-order valence-corrected chi connectivity index (χ1v) is 8.74. The highest BCUT2D eigenvalue weighted by Crippen LogP contribution is 2.11. The van der Waals surface area contributed by atoms with Crippen molar-refractivity contribution in [1.82, 2.24) is 15.2 Å². The largest absolute Gasteiger partial charge is 0.493 e. The Balaban J connectivity index is 1.41. The molecule has 2 aliphatic rings. The quantitative estimate of drug-likeness (QED) is 0.824. The number of piperazine rings is 1. The summed E-state index contributed by atoms with van der Waals surface area (Å²) in [6.45, 7) is 2.26. The highest BCUT2D eigenvalue weighted by Gasteiger charge is 2.28. The molecule has 0 radical (unpaired) electrons. The van der Waals surface area contributed by atoms with Crippen molar-refractivity contribution in [3.63, 3.8) is 0 Å². The maximum Gasteiger partial charge on any atom is 0.270 e. The van der Waals surface area contributed by atoms with Crippen LogP contribution in [0.25, 0.3) is 0 Å². The lowest BCUT2D eigenvalue weighted by Gasteiger charge is -2.35. The number of carbonyl (C=O) groups is 3. The summed E-state index contributed by atoms with van der Waals surface area (Å²) in [5.74, 6) is 0.436. The molecule has 0 bridgehead atoms. The molecule has 2 heterocycles. The Morgan fingerprint density at radius 2 is 1.73 bits per heavy atom. The van der Waals surface area contributed by atoms with Crippen LogP contribution in [0.3, 0.4) is 0 Å². The lowest BCUT2D eigenvalue weighted by molar-refractivity contribution is -0.137. The van der Waals surface area contributed by atoms with E-state index in [-0.39, 0.29) is 24.1 Å². The van der Waals surface area contributed by atoms with Crippen molar-refractivity contribution in [2.45, 2.75) is 19.3 Å². The number of ether oxygens (including phenoxy) is 1. The molecule has 3 rings (SSSR count). The second kappa shape index (κ2) is 8.46. The van der Waals surface area contributed by atoms with Gasteiger partial charge in [-0.05, 0) is 12.1 Å². The number of nitrogens with zero attached hydrogens (tertiary/aromatic N) is 3. The summed E-state index contributed by atoms with van der Waals surface area (Å²) in [5.41, 5.74) is 2.71. The van der Waals surface area contributed by atoms with Gasteiger partial charge in [0, 0.05) is 39.0 Å². The number of rotatable bonds is 5. The van der Waals surface area contributed by atoms with Crippen LogP contribution in [-0.2, 0) is 14.4 Å². The van der Waals surface area contributed by atoms with Crippen LogP contribution >= 0.6 is 0 Å². The van der Waals surface area contributed by atoms with Crippen LogP contribution in [0.5, 0.6) is 5.75 Å². The molecule has 2 aliphatic heterocycles. The van der Waals surface area contributed by atoms with Gasteiger partial charge in [-0.3, -0.25) is 14.4 Å². The van der Waals surface area contributed by atoms with Gasteiger partial charge in [0.1, 0.15) is 11.5 Å². The fraction of sp³-hybridized carbons (Fsp3) is 0.444. The Morgan fingerprint density at radius 1 is 1.04 bits per heavy atom. The molecule has 1 aromatic carbocycles. The van der Waals surface area contributed by atoms with Crippen molar-refractivity contribution in [2.75, 3.05) is 32.8 Å². The van der Waals surface area contributed by atoms with Gasteiger partial charge in [-0.15, -0.1) is 0 Å². The van der Waals surface area contributed by atoms with Gasteiger partial charge in [0.25, 0.3) is 5.91 Å². The molecule has 0 spiro atoms. The third-order valence-electron chi connectivity index (χ3n) is 4.40. The van der Waals surface area contributed by atoms with Gasteiger partial charge in [-0.1, -0.05) is 18.2 Å². The van der Waals surface area contributed by atoms with E-state index in [1.165, 1.54) is 0 Å². The average Bonchev–Trinajstić information content (AvgIpc) is 2.69. The molecule has 1 aromatic rings. The van der Waals surface area contributed by atoms with Gasteiger partial charge in [0.05, 0.1) is 13.0 Å². The summed E-state index contributed by atoms with van der Waals surface area (Å²) in [7, 11) is 0. The zero-order valence-corrected chi connectivity index (χ0v) is 14.5. The molecule has 138 valence electrons. The molecule has 0 unspecified atom stereocenters. The molecular formula is C18H22N4O4. The van der Waals surface area contributed by atoms with E-state index >= 15 is 0 Å². The summed E-state index contributed by atoms with van der Waals surface area (Å²) >= 11 is 0. The Hall–Kier alpha value is -2.90. The minimum absolute atomic E-state index is 0.0234. The van der Waals surface area contributed by atoms with Crippen LogP contribution in [0, 0.1) is 0 Å². The Bertz CT molecular complexity index is 696. The summed E-state index contributed by atoms with van der Waals surface area (Å²) in [5, 5.41) is 3.84. The van der Waals surface area contributed by atoms with Gasteiger partial charge in [0.15, 0.2) is 0 Å². The van der Waals surface area contributed by atoms with Crippen LogP contribution in [-0.4, -0.2) is 66.0 Å². The number of benzene rings is 1. The second-order valence-electron chi connectivity index (χ2n) is 6.18.